The lowest BCUT2D eigenvalue weighted by Crippen LogP contribution is -2.44. The zero-order valence-corrected chi connectivity index (χ0v) is 20.2. The largest absolute Gasteiger partial charge is 0.337 e. The molecule has 3 aromatic rings. The molecule has 3 unspecified atom stereocenters. The summed E-state index contributed by atoms with van der Waals surface area (Å²) < 4.78 is 14.1. The highest BCUT2D eigenvalue weighted by Gasteiger charge is 2.38. The van der Waals surface area contributed by atoms with Crippen molar-refractivity contribution >= 4 is 17.5 Å². The van der Waals surface area contributed by atoms with Crippen LogP contribution in [0.15, 0.2) is 67.0 Å². The molecule has 0 saturated carbocycles. The van der Waals surface area contributed by atoms with Gasteiger partial charge in [0.05, 0.1) is 18.0 Å². The molecule has 2 aromatic carbocycles. The zero-order valence-electron chi connectivity index (χ0n) is 20.2. The number of halogens is 1. The molecule has 5 rings (SSSR count). The van der Waals surface area contributed by atoms with Gasteiger partial charge >= 0.3 is 0 Å². The maximum absolute atomic E-state index is 14.1. The third-order valence-corrected chi connectivity index (χ3v) is 7.46. The molecule has 0 bridgehead atoms. The molecule has 36 heavy (non-hydrogen) atoms. The Labute approximate surface area is 210 Å². The monoisotopic (exact) mass is 486 g/mol. The highest BCUT2D eigenvalue weighted by atomic mass is 19.1. The molecule has 3 atom stereocenters. The first-order valence-corrected chi connectivity index (χ1v) is 12.7. The van der Waals surface area contributed by atoms with E-state index >= 15 is 0 Å². The van der Waals surface area contributed by atoms with Gasteiger partial charge in [-0.1, -0.05) is 24.6 Å². The van der Waals surface area contributed by atoms with Crippen LogP contribution in [0.25, 0.3) is 0 Å². The second kappa shape index (κ2) is 10.6. The molecular formula is C29H31FN4O2. The number of hydrogen-bond acceptors (Lipinski definition) is 4. The zero-order chi connectivity index (χ0) is 25.1. The normalized spacial score (nSPS) is 20.3. The summed E-state index contributed by atoms with van der Waals surface area (Å²) >= 11 is 0. The Morgan fingerprint density at radius 3 is 2.56 bits per heavy atom. The lowest BCUT2D eigenvalue weighted by Gasteiger charge is -2.33. The Balaban J connectivity index is 1.31. The Morgan fingerprint density at radius 1 is 1.00 bits per heavy atom. The van der Waals surface area contributed by atoms with Gasteiger partial charge in [-0.3, -0.25) is 14.6 Å². The van der Waals surface area contributed by atoms with Gasteiger partial charge < -0.3 is 16.0 Å². The molecule has 2 aliphatic rings. The maximum Gasteiger partial charge on any atom is 0.255 e. The standard InChI is InChI=1S/C29H31FN4O2/c30-22-12-11-19-4-1-2-5-24(25(19)18-22)29(36)34-17-3-6-26(34)27(31)20-7-9-21(10-8-20)28(35)33-23-13-15-32-16-14-23/h7-16,18,24,26-27H,1-6,17,31H2,(H,32,33,35). The fourth-order valence-electron chi connectivity index (χ4n) is 5.55. The van der Waals surface area contributed by atoms with Gasteiger partial charge in [0.2, 0.25) is 5.91 Å². The average molecular weight is 487 g/mol. The summed E-state index contributed by atoms with van der Waals surface area (Å²) in [5.41, 5.74) is 10.7. The van der Waals surface area contributed by atoms with E-state index in [1.165, 1.54) is 6.07 Å². The molecule has 1 aliphatic carbocycles. The lowest BCUT2D eigenvalue weighted by atomic mass is 9.90. The summed E-state index contributed by atoms with van der Waals surface area (Å²) in [6.45, 7) is 0.658. The Hall–Kier alpha value is -3.58. The van der Waals surface area contributed by atoms with Gasteiger partial charge in [0, 0.05) is 30.2 Å². The summed E-state index contributed by atoms with van der Waals surface area (Å²) in [4.78, 5) is 32.2. The molecule has 6 nitrogen and oxygen atoms in total. The molecule has 186 valence electrons. The van der Waals surface area contributed by atoms with Gasteiger partial charge in [-0.25, -0.2) is 4.39 Å². The van der Waals surface area contributed by atoms with Crippen LogP contribution in [-0.4, -0.2) is 34.3 Å². The van der Waals surface area contributed by atoms with E-state index in [1.54, 1.807) is 42.7 Å². The number of hydrogen-bond donors (Lipinski definition) is 2. The van der Waals surface area contributed by atoms with Crippen molar-refractivity contribution in [3.8, 4) is 0 Å². The van der Waals surface area contributed by atoms with Crippen LogP contribution < -0.4 is 11.1 Å². The summed E-state index contributed by atoms with van der Waals surface area (Å²) in [7, 11) is 0. The SMILES string of the molecule is NC(c1ccc(C(=O)Nc2ccncc2)cc1)C1CCCN1C(=O)C1CCCCc2ccc(F)cc21. The lowest BCUT2D eigenvalue weighted by molar-refractivity contribution is -0.134. The number of anilines is 1. The summed E-state index contributed by atoms with van der Waals surface area (Å²) in [5, 5.41) is 2.85. The van der Waals surface area contributed by atoms with Crippen molar-refractivity contribution in [1.29, 1.82) is 0 Å². The molecule has 0 spiro atoms. The van der Waals surface area contributed by atoms with Gasteiger partial charge in [0.1, 0.15) is 5.82 Å². The average Bonchev–Trinajstić information content (AvgIpc) is 3.30. The maximum atomic E-state index is 14.1. The third kappa shape index (κ3) is 5.02. The predicted octanol–water partition coefficient (Wildman–Crippen LogP) is 4.97. The molecule has 7 heteroatoms. The van der Waals surface area contributed by atoms with Gasteiger partial charge in [-0.15, -0.1) is 0 Å². The van der Waals surface area contributed by atoms with Gasteiger partial charge in [0.25, 0.3) is 5.91 Å². The highest BCUT2D eigenvalue weighted by Crippen LogP contribution is 2.36. The number of nitrogens with one attached hydrogen (secondary N) is 1. The van der Waals surface area contributed by atoms with Crippen LogP contribution in [0.3, 0.4) is 0 Å². The highest BCUT2D eigenvalue weighted by molar-refractivity contribution is 6.04. The number of fused-ring (bicyclic) bond motifs is 1. The van der Waals surface area contributed by atoms with E-state index < -0.39 is 0 Å². The number of carbonyl (C=O) groups excluding carboxylic acids is 2. The Bertz CT molecular complexity index is 1230. The number of nitrogens with two attached hydrogens (primary N) is 1. The smallest absolute Gasteiger partial charge is 0.255 e. The third-order valence-electron chi connectivity index (χ3n) is 7.46. The van der Waals surface area contributed by atoms with Gasteiger partial charge in [-0.2, -0.15) is 0 Å². The fourth-order valence-corrected chi connectivity index (χ4v) is 5.55. The van der Waals surface area contributed by atoms with Crippen molar-refractivity contribution in [1.82, 2.24) is 9.88 Å². The second-order valence-corrected chi connectivity index (χ2v) is 9.72. The van der Waals surface area contributed by atoms with Gasteiger partial charge in [-0.05, 0) is 85.2 Å². The molecule has 0 radical (unpaired) electrons. The number of pyridine rings is 1. The van der Waals surface area contributed by atoms with Crippen molar-refractivity contribution in [3.05, 3.63) is 95.1 Å². The van der Waals surface area contributed by atoms with Crippen LogP contribution in [0.1, 0.15) is 71.1 Å². The molecule has 3 N–H and O–H groups in total. The van der Waals surface area contributed by atoms with E-state index in [4.69, 9.17) is 5.73 Å². The van der Waals surface area contributed by atoms with Gasteiger partial charge in [0.15, 0.2) is 0 Å². The van der Waals surface area contributed by atoms with Crippen LogP contribution >= 0.6 is 0 Å². The number of carbonyl (C=O) groups is 2. The van der Waals surface area contributed by atoms with E-state index in [1.807, 2.05) is 23.1 Å². The number of nitrogens with zero attached hydrogens (tertiary/aromatic N) is 2. The summed E-state index contributed by atoms with van der Waals surface area (Å²) in [6, 6.07) is 15.1. The topological polar surface area (TPSA) is 88.3 Å². The first-order chi connectivity index (χ1) is 17.5. The van der Waals surface area contributed by atoms with E-state index in [-0.39, 0.29) is 35.6 Å². The van der Waals surface area contributed by atoms with Crippen LogP contribution in [-0.2, 0) is 11.2 Å². The van der Waals surface area contributed by atoms with E-state index in [2.05, 4.69) is 10.3 Å². The van der Waals surface area contributed by atoms with Crippen molar-refractivity contribution in [2.45, 2.75) is 56.5 Å². The fraction of sp³-hybridized carbons (Fsp3) is 0.345. The minimum atomic E-state index is -0.369. The predicted molar refractivity (Wildman–Crippen MR) is 137 cm³/mol. The number of amides is 2. The number of aromatic nitrogens is 1. The molecule has 1 saturated heterocycles. The van der Waals surface area contributed by atoms with Crippen molar-refractivity contribution in [2.75, 3.05) is 11.9 Å². The van der Waals surface area contributed by atoms with Crippen molar-refractivity contribution in [2.24, 2.45) is 5.73 Å². The first kappa shape index (κ1) is 24.1. The minimum absolute atomic E-state index is 0.0510. The molecule has 2 amide bonds. The van der Waals surface area contributed by atoms with Crippen LogP contribution in [0.2, 0.25) is 0 Å². The summed E-state index contributed by atoms with van der Waals surface area (Å²) in [5.74, 6) is -0.783. The number of rotatable bonds is 5. The quantitative estimate of drug-likeness (QED) is 0.498. The first-order valence-electron chi connectivity index (χ1n) is 12.7. The van der Waals surface area contributed by atoms with Crippen molar-refractivity contribution in [3.63, 3.8) is 0 Å². The van der Waals surface area contributed by atoms with Crippen LogP contribution in [0, 0.1) is 5.82 Å². The molecule has 1 fully saturated rings. The Morgan fingerprint density at radius 2 is 1.78 bits per heavy atom. The van der Waals surface area contributed by atoms with Crippen molar-refractivity contribution < 1.29 is 14.0 Å². The molecular weight excluding hydrogens is 455 g/mol. The summed E-state index contributed by atoms with van der Waals surface area (Å²) in [6.07, 6.45) is 8.51. The minimum Gasteiger partial charge on any atom is -0.337 e. The Kier molecular flexibility index (Phi) is 7.09. The van der Waals surface area contributed by atoms with E-state index in [0.29, 0.717) is 17.8 Å². The molecule has 1 aromatic heterocycles. The van der Waals surface area contributed by atoms with Crippen LogP contribution in [0.5, 0.6) is 0 Å². The van der Waals surface area contributed by atoms with E-state index in [0.717, 1.165) is 55.2 Å². The van der Waals surface area contributed by atoms with Crippen LogP contribution in [0.4, 0.5) is 10.1 Å². The van der Waals surface area contributed by atoms with E-state index in [9.17, 15) is 14.0 Å². The number of aryl methyl sites for hydroxylation is 1. The number of benzene rings is 2. The molecule has 1 aliphatic heterocycles. The molecule has 2 heterocycles. The second-order valence-electron chi connectivity index (χ2n) is 9.72. The number of likely N-dealkylation sites (tertiary alicyclic amines) is 1.